The molecule has 182 valence electrons. The van der Waals surface area contributed by atoms with Gasteiger partial charge in [-0.05, 0) is 72.5 Å². The number of phenols is 1. The Hall–Kier alpha value is -3.78. The van der Waals surface area contributed by atoms with Crippen LogP contribution >= 0.6 is 0 Å². The van der Waals surface area contributed by atoms with E-state index in [4.69, 9.17) is 0 Å². The van der Waals surface area contributed by atoms with Crippen LogP contribution in [0.1, 0.15) is 42.5 Å². The van der Waals surface area contributed by atoms with Crippen LogP contribution in [-0.4, -0.2) is 28.6 Å². The number of aliphatic hydroxyl groups is 1. The third kappa shape index (κ3) is 5.66. The summed E-state index contributed by atoms with van der Waals surface area (Å²) < 4.78 is 26.4. The summed E-state index contributed by atoms with van der Waals surface area (Å²) in [6, 6.07) is 17.7. The first-order chi connectivity index (χ1) is 16.8. The van der Waals surface area contributed by atoms with Crippen molar-refractivity contribution in [3.63, 3.8) is 0 Å². The highest BCUT2D eigenvalue weighted by Gasteiger charge is 2.48. The lowest BCUT2D eigenvalue weighted by Crippen LogP contribution is -2.55. The first-order valence-corrected chi connectivity index (χ1v) is 11.4. The molecule has 8 heteroatoms. The quantitative estimate of drug-likeness (QED) is 0.457. The van der Waals surface area contributed by atoms with Gasteiger partial charge in [-0.1, -0.05) is 24.3 Å². The Morgan fingerprint density at radius 3 is 1.97 bits per heavy atom. The Morgan fingerprint density at radius 1 is 0.914 bits per heavy atom. The number of phenolic OH excluding ortho intramolecular Hbond substituents is 1. The Bertz CT molecular complexity index is 1160. The molecule has 6 nitrogen and oxygen atoms in total. The van der Waals surface area contributed by atoms with Gasteiger partial charge in [0.1, 0.15) is 17.4 Å². The Morgan fingerprint density at radius 2 is 1.46 bits per heavy atom. The van der Waals surface area contributed by atoms with Gasteiger partial charge in [-0.3, -0.25) is 9.59 Å². The summed E-state index contributed by atoms with van der Waals surface area (Å²) in [6.45, 7) is 0.888. The molecule has 0 unspecified atom stereocenters. The zero-order valence-corrected chi connectivity index (χ0v) is 18.9. The minimum absolute atomic E-state index is 0.106. The molecule has 2 saturated heterocycles. The van der Waals surface area contributed by atoms with Crippen molar-refractivity contribution in [3.05, 3.63) is 95.6 Å². The lowest BCUT2D eigenvalue weighted by Gasteiger charge is -2.48. The molecule has 3 aromatic rings. The molecule has 0 radical (unpaired) electrons. The average Bonchev–Trinajstić information content (AvgIpc) is 2.84. The lowest BCUT2D eigenvalue weighted by atomic mass is 9.78. The predicted molar refractivity (Wildman–Crippen MR) is 126 cm³/mol. The third-order valence-electron chi connectivity index (χ3n) is 6.23. The summed E-state index contributed by atoms with van der Waals surface area (Å²) >= 11 is 0. The highest BCUT2D eigenvalue weighted by atomic mass is 19.1. The summed E-state index contributed by atoms with van der Waals surface area (Å²) in [7, 11) is 0. The molecule has 2 amide bonds. The van der Waals surface area contributed by atoms with Crippen molar-refractivity contribution in [2.45, 2.75) is 31.4 Å². The number of β-lactam (4-membered cyclic amide) rings is 2. The van der Waals surface area contributed by atoms with Crippen molar-refractivity contribution in [3.8, 4) is 5.75 Å². The number of aromatic hydroxyl groups is 1. The van der Waals surface area contributed by atoms with E-state index in [0.29, 0.717) is 24.1 Å². The largest absolute Gasteiger partial charge is 0.508 e. The van der Waals surface area contributed by atoms with Crippen molar-refractivity contribution in [1.29, 1.82) is 0 Å². The second kappa shape index (κ2) is 10.7. The number of rotatable bonds is 6. The maximum Gasteiger partial charge on any atom is 0.233 e. The molecule has 2 aliphatic rings. The fourth-order valence-corrected chi connectivity index (χ4v) is 4.19. The van der Waals surface area contributed by atoms with E-state index in [1.54, 1.807) is 41.3 Å². The number of benzene rings is 3. The van der Waals surface area contributed by atoms with Crippen LogP contribution in [0.5, 0.6) is 5.75 Å². The van der Waals surface area contributed by atoms with Crippen LogP contribution < -0.4 is 10.2 Å². The summed E-state index contributed by atoms with van der Waals surface area (Å²) in [6.07, 6.45) is 0.702. The maximum atomic E-state index is 13.3. The number of aliphatic hydroxyl groups excluding tert-OH is 1. The molecular formula is C27H26F2N2O4. The Kier molecular flexibility index (Phi) is 7.41. The molecule has 0 saturated carbocycles. The Balaban J connectivity index is 0.000000514. The van der Waals surface area contributed by atoms with E-state index >= 15 is 0 Å². The molecule has 35 heavy (non-hydrogen) atoms. The number of hydrogen-bond donors (Lipinski definition) is 3. The third-order valence-corrected chi connectivity index (χ3v) is 6.23. The van der Waals surface area contributed by atoms with E-state index in [2.05, 4.69) is 5.32 Å². The molecule has 5 rings (SSSR count). The second-order valence-electron chi connectivity index (χ2n) is 8.57. The van der Waals surface area contributed by atoms with Crippen LogP contribution in [0, 0.1) is 17.6 Å². The SMILES string of the molecule is O=C1CCN1.O=C1[C@H](CC[C@H](O)c2ccc(F)cc2)[C@@H](c2ccc(O)cc2)N1c1ccc(F)cc1. The minimum atomic E-state index is -0.807. The molecule has 0 aliphatic carbocycles. The molecule has 0 aromatic heterocycles. The van der Waals surface area contributed by atoms with E-state index in [9.17, 15) is 28.6 Å². The number of hydrogen-bond acceptors (Lipinski definition) is 4. The van der Waals surface area contributed by atoms with Gasteiger partial charge in [-0.25, -0.2) is 8.78 Å². The zero-order chi connectivity index (χ0) is 24.9. The highest BCUT2D eigenvalue weighted by molar-refractivity contribution is 6.03. The second-order valence-corrected chi connectivity index (χ2v) is 8.57. The standard InChI is InChI=1S/C24H21F2NO3.C3H5NO/c25-17-5-1-15(2-6-17)22(29)14-13-21-23(16-3-11-20(28)12-4-16)27(24(21)30)19-9-7-18(26)8-10-19;5-3-1-2-4-3/h1-12,21-23,28-29H,13-14H2;1-2H2,(H,4,5)/t21-,22+,23-;/m1./s1. The molecule has 3 aromatic carbocycles. The lowest BCUT2D eigenvalue weighted by molar-refractivity contribution is -0.131. The number of halogens is 2. The van der Waals surface area contributed by atoms with Crippen LogP contribution in [0.15, 0.2) is 72.8 Å². The monoisotopic (exact) mass is 480 g/mol. The number of nitrogens with one attached hydrogen (secondary N) is 1. The molecule has 2 fully saturated rings. The average molecular weight is 481 g/mol. The first-order valence-electron chi connectivity index (χ1n) is 11.4. The van der Waals surface area contributed by atoms with Crippen molar-refractivity contribution in [1.82, 2.24) is 5.32 Å². The summed E-state index contributed by atoms with van der Waals surface area (Å²) in [5, 5.41) is 22.6. The minimum Gasteiger partial charge on any atom is -0.508 e. The fourth-order valence-electron chi connectivity index (χ4n) is 4.19. The first kappa shape index (κ1) is 24.3. The number of amides is 2. The topological polar surface area (TPSA) is 89.9 Å². The smallest absolute Gasteiger partial charge is 0.233 e. The van der Waals surface area contributed by atoms with Crippen molar-refractivity contribution < 1.29 is 28.6 Å². The summed E-state index contributed by atoms with van der Waals surface area (Å²) in [5.74, 6) is -0.916. The van der Waals surface area contributed by atoms with Gasteiger partial charge >= 0.3 is 0 Å². The van der Waals surface area contributed by atoms with Gasteiger partial charge in [-0.15, -0.1) is 0 Å². The summed E-state index contributed by atoms with van der Waals surface area (Å²) in [4.78, 5) is 24.3. The van der Waals surface area contributed by atoms with Gasteiger partial charge < -0.3 is 20.4 Å². The molecule has 0 spiro atoms. The number of carbonyl (C=O) groups excluding carboxylic acids is 2. The van der Waals surface area contributed by atoms with Crippen LogP contribution in [0.3, 0.4) is 0 Å². The van der Waals surface area contributed by atoms with Gasteiger partial charge in [0, 0.05) is 18.7 Å². The fraction of sp³-hybridized carbons (Fsp3) is 0.259. The molecule has 0 bridgehead atoms. The van der Waals surface area contributed by atoms with Crippen LogP contribution in [0.2, 0.25) is 0 Å². The Labute approximate surface area is 201 Å². The van der Waals surface area contributed by atoms with Crippen molar-refractivity contribution in [2.75, 3.05) is 11.4 Å². The number of nitrogens with zero attached hydrogens (tertiary/aromatic N) is 1. The van der Waals surface area contributed by atoms with Gasteiger partial charge in [-0.2, -0.15) is 0 Å². The molecule has 2 aliphatic heterocycles. The number of anilines is 1. The molecule has 3 atom stereocenters. The van der Waals surface area contributed by atoms with Crippen molar-refractivity contribution >= 4 is 17.5 Å². The van der Waals surface area contributed by atoms with E-state index in [1.807, 2.05) is 0 Å². The molecular weight excluding hydrogens is 454 g/mol. The van der Waals surface area contributed by atoms with Gasteiger partial charge in [0.15, 0.2) is 0 Å². The van der Waals surface area contributed by atoms with E-state index in [0.717, 1.165) is 18.5 Å². The summed E-state index contributed by atoms with van der Waals surface area (Å²) in [5.41, 5.74) is 2.03. The highest BCUT2D eigenvalue weighted by Crippen LogP contribution is 2.46. The molecule has 3 N–H and O–H groups in total. The van der Waals surface area contributed by atoms with E-state index < -0.39 is 6.10 Å². The zero-order valence-electron chi connectivity index (χ0n) is 18.9. The molecule has 2 heterocycles. The van der Waals surface area contributed by atoms with Gasteiger partial charge in [0.05, 0.1) is 18.1 Å². The van der Waals surface area contributed by atoms with E-state index in [-0.39, 0.29) is 41.2 Å². The predicted octanol–water partition coefficient (Wildman–Crippen LogP) is 4.39. The van der Waals surface area contributed by atoms with Crippen molar-refractivity contribution in [2.24, 2.45) is 5.92 Å². The van der Waals surface area contributed by atoms with Crippen LogP contribution in [0.25, 0.3) is 0 Å². The normalized spacial score (nSPS) is 19.6. The van der Waals surface area contributed by atoms with Gasteiger partial charge in [0.25, 0.3) is 0 Å². The van der Waals surface area contributed by atoms with Crippen LogP contribution in [-0.2, 0) is 9.59 Å². The van der Waals surface area contributed by atoms with E-state index in [1.165, 1.54) is 36.4 Å². The van der Waals surface area contributed by atoms with Crippen LogP contribution in [0.4, 0.5) is 14.5 Å². The number of carbonyl (C=O) groups is 2. The van der Waals surface area contributed by atoms with Gasteiger partial charge in [0.2, 0.25) is 11.8 Å². The maximum absolute atomic E-state index is 13.3.